The summed E-state index contributed by atoms with van der Waals surface area (Å²) in [5.74, 6) is 0.372. The van der Waals surface area contributed by atoms with Gasteiger partial charge in [-0.05, 0) is 70.1 Å². The van der Waals surface area contributed by atoms with Crippen molar-refractivity contribution in [3.63, 3.8) is 0 Å². The maximum atomic E-state index is 11.6. The van der Waals surface area contributed by atoms with Gasteiger partial charge in [0.25, 0.3) is 0 Å². The number of hydrogen-bond acceptors (Lipinski definition) is 12. The molecule has 350 valence electrons. The second-order valence-electron chi connectivity index (χ2n) is 16.3. The smallest absolute Gasteiger partial charge is 0.333 e. The van der Waals surface area contributed by atoms with Crippen LogP contribution in [0.15, 0.2) is 146 Å². The molecular weight excluding hydrogens is 853 g/mol. The van der Waals surface area contributed by atoms with Gasteiger partial charge in [-0.15, -0.1) is 0 Å². The molecule has 2 N–H and O–H groups in total. The molecule has 12 nitrogen and oxygen atoms in total. The number of fused-ring (bicyclic) bond motifs is 5. The minimum absolute atomic E-state index is 0.00850. The van der Waals surface area contributed by atoms with Crippen molar-refractivity contribution in [2.75, 3.05) is 79.3 Å². The summed E-state index contributed by atoms with van der Waals surface area (Å²) in [6.07, 6.45) is -1.89. The number of esters is 2. The molecular formula is C55H58O12. The first kappa shape index (κ1) is 48.6. The minimum Gasteiger partial charge on any atom is -0.491 e. The molecule has 1 aliphatic rings. The van der Waals surface area contributed by atoms with E-state index in [1.54, 1.807) is 13.8 Å². The fourth-order valence-electron chi connectivity index (χ4n) is 8.41. The van der Waals surface area contributed by atoms with Crippen molar-refractivity contribution < 1.29 is 57.7 Å². The van der Waals surface area contributed by atoms with Gasteiger partial charge in [-0.2, -0.15) is 0 Å². The van der Waals surface area contributed by atoms with E-state index in [2.05, 4.69) is 110 Å². The molecule has 67 heavy (non-hydrogen) atoms. The van der Waals surface area contributed by atoms with Crippen molar-refractivity contribution in [3.05, 3.63) is 168 Å². The third kappa shape index (κ3) is 11.4. The average molecular weight is 911 g/mol. The molecule has 0 aliphatic heterocycles. The lowest BCUT2D eigenvalue weighted by Gasteiger charge is -2.36. The van der Waals surface area contributed by atoms with E-state index in [1.807, 2.05) is 24.3 Å². The van der Waals surface area contributed by atoms with Crippen molar-refractivity contribution in [3.8, 4) is 22.6 Å². The highest BCUT2D eigenvalue weighted by Crippen LogP contribution is 2.58. The Morgan fingerprint density at radius 3 is 1.24 bits per heavy atom. The molecule has 6 aromatic rings. The normalized spacial score (nSPS) is 13.4. The number of hydrogen-bond donors (Lipinski definition) is 2. The molecule has 6 aromatic carbocycles. The van der Waals surface area contributed by atoms with Gasteiger partial charge >= 0.3 is 11.9 Å². The first-order valence-corrected chi connectivity index (χ1v) is 22.4. The minimum atomic E-state index is -0.945. The van der Waals surface area contributed by atoms with Gasteiger partial charge in [-0.25, -0.2) is 9.59 Å². The Hall–Kier alpha value is -6.38. The predicted octanol–water partition coefficient (Wildman–Crippen LogP) is 8.14. The number of carbonyl (C=O) groups excluding carboxylic acids is 2. The van der Waals surface area contributed by atoms with Crippen LogP contribution in [0.4, 0.5) is 0 Å². The molecule has 0 radical (unpaired) electrons. The first-order chi connectivity index (χ1) is 32.6. The standard InChI is InChI=1S/C55H58O12/c1-37(2)53(58)66-35-39(56)33-62-27-25-60-29-31-64-51-23-11-15-43-45(51)17-9-21-49(43)55(47-19-7-5-13-41(47)42-14-6-8-20-48(42)55)50-22-10-18-46-44(50)16-12-24-52(46)65-32-30-61-26-28-63-34-40(57)36-67-54(59)38(3)4/h5-24,39-40,56-57H,1,3,25-36H2,2,4H3. The molecule has 0 amide bonds. The lowest BCUT2D eigenvalue weighted by atomic mass is 9.65. The van der Waals surface area contributed by atoms with E-state index in [0.29, 0.717) is 39.6 Å². The van der Waals surface area contributed by atoms with Gasteiger partial charge < -0.3 is 48.1 Å². The van der Waals surface area contributed by atoms with Crippen LogP contribution in [0.3, 0.4) is 0 Å². The largest absolute Gasteiger partial charge is 0.491 e. The molecule has 0 aromatic heterocycles. The number of carbonyl (C=O) groups is 2. The van der Waals surface area contributed by atoms with E-state index >= 15 is 0 Å². The highest BCUT2D eigenvalue weighted by atomic mass is 16.6. The Labute approximate surface area is 391 Å². The highest BCUT2D eigenvalue weighted by molar-refractivity contribution is 6.01. The Kier molecular flexibility index (Phi) is 16.9. The summed E-state index contributed by atoms with van der Waals surface area (Å²) in [5, 5.41) is 24.1. The van der Waals surface area contributed by atoms with Crippen LogP contribution in [0.25, 0.3) is 32.7 Å². The Morgan fingerprint density at radius 1 is 0.448 bits per heavy atom. The van der Waals surface area contributed by atoms with Crippen LogP contribution >= 0.6 is 0 Å². The SMILES string of the molecule is C=C(C)C(=O)OCC(O)COCCOCCOc1cccc2c(C3(c4cccc5c(OCCOCCOCC(O)COC(=O)C(=C)C)cccc45)c4ccccc4-c4ccccc43)cccc12. The van der Waals surface area contributed by atoms with Crippen LogP contribution in [0.5, 0.6) is 11.5 Å². The van der Waals surface area contributed by atoms with Crippen LogP contribution in [0.1, 0.15) is 36.1 Å². The molecule has 0 bridgehead atoms. The van der Waals surface area contributed by atoms with Crippen LogP contribution in [-0.4, -0.2) is 114 Å². The number of rotatable bonds is 26. The van der Waals surface area contributed by atoms with Gasteiger partial charge in [0.05, 0.1) is 58.3 Å². The van der Waals surface area contributed by atoms with E-state index < -0.39 is 29.6 Å². The van der Waals surface area contributed by atoms with Crippen molar-refractivity contribution in [1.82, 2.24) is 0 Å². The molecule has 0 heterocycles. The Bertz CT molecular complexity index is 2490. The quantitative estimate of drug-likeness (QED) is 0.0307. The zero-order valence-electron chi connectivity index (χ0n) is 38.1. The Balaban J connectivity index is 1.07. The third-order valence-electron chi connectivity index (χ3n) is 11.4. The van der Waals surface area contributed by atoms with E-state index in [9.17, 15) is 19.8 Å². The molecule has 12 heteroatoms. The molecule has 0 spiro atoms. The maximum Gasteiger partial charge on any atom is 0.333 e. The summed E-state index contributed by atoms with van der Waals surface area (Å²) in [7, 11) is 0. The third-order valence-corrected chi connectivity index (χ3v) is 11.4. The lowest BCUT2D eigenvalue weighted by molar-refractivity contribution is -0.143. The second kappa shape index (κ2) is 23.4. The van der Waals surface area contributed by atoms with Gasteiger partial charge in [0.15, 0.2) is 0 Å². The van der Waals surface area contributed by atoms with E-state index in [4.69, 9.17) is 37.9 Å². The molecule has 0 fully saturated rings. The average Bonchev–Trinajstić information content (AvgIpc) is 3.64. The van der Waals surface area contributed by atoms with Crippen molar-refractivity contribution in [1.29, 1.82) is 0 Å². The topological polar surface area (TPSA) is 148 Å². The van der Waals surface area contributed by atoms with Gasteiger partial charge in [0, 0.05) is 21.9 Å². The number of aliphatic hydroxyl groups excluding tert-OH is 2. The summed E-state index contributed by atoms with van der Waals surface area (Å²) < 4.78 is 45.3. The Morgan fingerprint density at radius 2 is 0.806 bits per heavy atom. The summed E-state index contributed by atoms with van der Waals surface area (Å²) in [6, 6.07) is 42.6. The molecule has 0 saturated carbocycles. The van der Waals surface area contributed by atoms with E-state index in [0.717, 1.165) is 44.2 Å². The number of aliphatic hydroxyl groups is 2. The van der Waals surface area contributed by atoms with Crippen molar-refractivity contribution in [2.24, 2.45) is 0 Å². The highest BCUT2D eigenvalue weighted by Gasteiger charge is 2.47. The van der Waals surface area contributed by atoms with Crippen LogP contribution in [-0.2, 0) is 43.4 Å². The van der Waals surface area contributed by atoms with Crippen LogP contribution < -0.4 is 9.47 Å². The first-order valence-electron chi connectivity index (χ1n) is 22.4. The zero-order chi connectivity index (χ0) is 47.2. The van der Waals surface area contributed by atoms with E-state index in [-0.39, 0.29) is 50.8 Å². The fourth-order valence-corrected chi connectivity index (χ4v) is 8.41. The second-order valence-corrected chi connectivity index (χ2v) is 16.3. The van der Waals surface area contributed by atoms with Crippen LogP contribution in [0, 0.1) is 0 Å². The van der Waals surface area contributed by atoms with Crippen LogP contribution in [0.2, 0.25) is 0 Å². The number of ether oxygens (including phenoxy) is 8. The van der Waals surface area contributed by atoms with Crippen molar-refractivity contribution >= 4 is 33.5 Å². The monoisotopic (exact) mass is 910 g/mol. The molecule has 2 unspecified atom stereocenters. The summed E-state index contributed by atoms with van der Waals surface area (Å²) in [6.45, 7) is 12.2. The zero-order valence-corrected chi connectivity index (χ0v) is 38.1. The van der Waals surface area contributed by atoms with Gasteiger partial charge in [-0.3, -0.25) is 0 Å². The number of benzene rings is 6. The maximum absolute atomic E-state index is 11.6. The van der Waals surface area contributed by atoms with Gasteiger partial charge in [0.2, 0.25) is 0 Å². The molecule has 7 rings (SSSR count). The molecule has 2 atom stereocenters. The fraction of sp³-hybridized carbons (Fsp3) is 0.309. The molecule has 0 saturated heterocycles. The van der Waals surface area contributed by atoms with Crippen molar-refractivity contribution in [2.45, 2.75) is 31.5 Å². The van der Waals surface area contributed by atoms with Gasteiger partial charge in [-0.1, -0.05) is 122 Å². The summed E-state index contributed by atoms with van der Waals surface area (Å²) >= 11 is 0. The van der Waals surface area contributed by atoms with Gasteiger partial charge in [0.1, 0.15) is 50.1 Å². The summed E-state index contributed by atoms with van der Waals surface area (Å²) in [4.78, 5) is 23.1. The summed E-state index contributed by atoms with van der Waals surface area (Å²) in [5.41, 5.74) is 6.76. The molecule has 1 aliphatic carbocycles. The predicted molar refractivity (Wildman–Crippen MR) is 257 cm³/mol. The van der Waals surface area contributed by atoms with E-state index in [1.165, 1.54) is 22.3 Å². The lowest BCUT2D eigenvalue weighted by Crippen LogP contribution is -2.29.